The van der Waals surface area contributed by atoms with E-state index in [1.807, 2.05) is 12.1 Å². The van der Waals surface area contributed by atoms with E-state index in [1.165, 1.54) is 26.4 Å². The van der Waals surface area contributed by atoms with Crippen molar-refractivity contribution in [1.29, 1.82) is 0 Å². The van der Waals surface area contributed by atoms with Crippen molar-refractivity contribution >= 4 is 23.3 Å². The Kier molecular flexibility index (Phi) is 5.52. The number of aromatic hydroxyl groups is 2. The number of carbonyl (C=O) groups excluding carboxylic acids is 2. The van der Waals surface area contributed by atoms with E-state index in [9.17, 15) is 19.8 Å². The summed E-state index contributed by atoms with van der Waals surface area (Å²) >= 11 is 0. The van der Waals surface area contributed by atoms with Gasteiger partial charge < -0.3 is 31.2 Å². The first-order chi connectivity index (χ1) is 17.7. The van der Waals surface area contributed by atoms with Crippen LogP contribution in [0, 0.1) is 0 Å². The summed E-state index contributed by atoms with van der Waals surface area (Å²) in [4.78, 5) is 25.1. The first-order valence-corrected chi connectivity index (χ1v) is 11.4. The van der Waals surface area contributed by atoms with Gasteiger partial charge >= 0.3 is 11.9 Å². The van der Waals surface area contributed by atoms with Crippen LogP contribution >= 0.6 is 0 Å². The largest absolute Gasteiger partial charge is 0.506 e. The van der Waals surface area contributed by atoms with Crippen molar-refractivity contribution in [2.45, 2.75) is 5.41 Å². The first kappa shape index (κ1) is 23.7. The lowest BCUT2D eigenvalue weighted by Crippen LogP contribution is -2.29. The zero-order chi connectivity index (χ0) is 26.5. The summed E-state index contributed by atoms with van der Waals surface area (Å²) in [6, 6.07) is 20.2. The monoisotopic (exact) mass is 496 g/mol. The van der Waals surface area contributed by atoms with Crippen LogP contribution in [0.2, 0.25) is 0 Å². The number of nitrogens with two attached hydrogens (primary N) is 2. The van der Waals surface area contributed by atoms with Gasteiger partial charge in [-0.05, 0) is 81.9 Å². The standard InChI is InChI=1S/C29H24N2O6/c1-36-27(34)15-3-7-19-20-8-4-16(28(35)37-2)12-22(20)29(21(19)11-15,17-5-9-25(32)23(30)13-17)18-6-10-26(33)24(31)14-18/h3-14,32-33H,30-31H2,1-2H3. The van der Waals surface area contributed by atoms with Gasteiger partial charge in [-0.2, -0.15) is 0 Å². The number of phenols is 2. The average Bonchev–Trinajstić information content (AvgIpc) is 3.20. The highest BCUT2D eigenvalue weighted by Crippen LogP contribution is 2.57. The molecule has 6 N–H and O–H groups in total. The quantitative estimate of drug-likeness (QED) is 0.165. The van der Waals surface area contributed by atoms with E-state index in [0.717, 1.165) is 11.1 Å². The number of phenolic OH excluding ortho intramolecular Hbond substituents is 2. The summed E-state index contributed by atoms with van der Waals surface area (Å²) in [6.07, 6.45) is 0. The normalized spacial score (nSPS) is 12.9. The van der Waals surface area contributed by atoms with E-state index < -0.39 is 17.4 Å². The fourth-order valence-corrected chi connectivity index (χ4v) is 5.18. The molecule has 0 bridgehead atoms. The third-order valence-corrected chi connectivity index (χ3v) is 6.90. The summed E-state index contributed by atoms with van der Waals surface area (Å²) in [6.45, 7) is 0. The Balaban J connectivity index is 1.98. The molecule has 5 rings (SSSR count). The van der Waals surface area contributed by atoms with Crippen LogP contribution in [0.3, 0.4) is 0 Å². The van der Waals surface area contributed by atoms with Crippen LogP contribution in [0.15, 0.2) is 72.8 Å². The Morgan fingerprint density at radius 2 is 1.05 bits per heavy atom. The van der Waals surface area contributed by atoms with Gasteiger partial charge in [0.1, 0.15) is 11.5 Å². The van der Waals surface area contributed by atoms with E-state index >= 15 is 0 Å². The Morgan fingerprint density at radius 3 is 1.41 bits per heavy atom. The van der Waals surface area contributed by atoms with Crippen molar-refractivity contribution in [2.24, 2.45) is 0 Å². The molecular formula is C29H24N2O6. The fraction of sp³-hybridized carbons (Fsp3) is 0.103. The lowest BCUT2D eigenvalue weighted by atomic mass is 9.67. The van der Waals surface area contributed by atoms with Gasteiger partial charge in [-0.25, -0.2) is 9.59 Å². The van der Waals surface area contributed by atoms with Gasteiger partial charge in [0.05, 0.1) is 42.1 Å². The highest BCUT2D eigenvalue weighted by Gasteiger charge is 2.47. The zero-order valence-corrected chi connectivity index (χ0v) is 20.1. The number of carbonyl (C=O) groups is 2. The Labute approximate surface area is 212 Å². The molecular weight excluding hydrogens is 472 g/mol. The van der Waals surface area contributed by atoms with Crippen molar-refractivity contribution in [3.63, 3.8) is 0 Å². The molecule has 4 aromatic carbocycles. The maximum absolute atomic E-state index is 12.6. The van der Waals surface area contributed by atoms with E-state index in [1.54, 1.807) is 48.5 Å². The van der Waals surface area contributed by atoms with Crippen molar-refractivity contribution in [3.05, 3.63) is 106 Å². The third kappa shape index (κ3) is 3.45. The number of benzene rings is 4. The van der Waals surface area contributed by atoms with Gasteiger partial charge in [0, 0.05) is 0 Å². The SMILES string of the molecule is COC(=O)c1ccc2c(c1)C(c1ccc(O)c(N)c1)(c1ccc(O)c(N)c1)c1cc(C(=O)OC)ccc1-2. The summed E-state index contributed by atoms with van der Waals surface area (Å²) in [5, 5.41) is 20.4. The highest BCUT2D eigenvalue weighted by molar-refractivity contribution is 5.96. The predicted octanol–water partition coefficient (Wildman–Crippen LogP) is 4.20. The maximum atomic E-state index is 12.6. The third-order valence-electron chi connectivity index (χ3n) is 6.90. The lowest BCUT2D eigenvalue weighted by Gasteiger charge is -2.34. The van der Waals surface area contributed by atoms with Crippen molar-refractivity contribution in [2.75, 3.05) is 25.7 Å². The van der Waals surface area contributed by atoms with Crippen LogP contribution in [-0.2, 0) is 14.9 Å². The molecule has 8 heteroatoms. The van der Waals surface area contributed by atoms with E-state index in [0.29, 0.717) is 33.4 Å². The second-order valence-corrected chi connectivity index (χ2v) is 8.80. The van der Waals surface area contributed by atoms with Gasteiger partial charge in [-0.1, -0.05) is 24.3 Å². The second kappa shape index (κ2) is 8.60. The van der Waals surface area contributed by atoms with Crippen molar-refractivity contribution in [1.82, 2.24) is 0 Å². The number of methoxy groups -OCH3 is 2. The van der Waals surface area contributed by atoms with Gasteiger partial charge in [0.25, 0.3) is 0 Å². The number of ether oxygens (including phenoxy) is 2. The number of fused-ring (bicyclic) bond motifs is 3. The van der Waals surface area contributed by atoms with Crippen LogP contribution in [0.1, 0.15) is 43.0 Å². The molecule has 0 amide bonds. The molecule has 0 heterocycles. The molecule has 0 unspecified atom stereocenters. The number of nitrogen functional groups attached to an aromatic ring is 2. The number of hydrogen-bond acceptors (Lipinski definition) is 8. The summed E-state index contributed by atoms with van der Waals surface area (Å²) in [5.74, 6) is -1.21. The van der Waals surface area contributed by atoms with Crippen LogP contribution in [-0.4, -0.2) is 36.4 Å². The maximum Gasteiger partial charge on any atom is 0.337 e. The van der Waals surface area contributed by atoms with E-state index in [4.69, 9.17) is 20.9 Å². The number of esters is 2. The minimum absolute atomic E-state index is 0.0887. The Morgan fingerprint density at radius 1 is 0.649 bits per heavy atom. The number of rotatable bonds is 4. The number of hydrogen-bond donors (Lipinski definition) is 4. The Bertz CT molecular complexity index is 1470. The highest BCUT2D eigenvalue weighted by atomic mass is 16.5. The van der Waals surface area contributed by atoms with Crippen LogP contribution < -0.4 is 11.5 Å². The van der Waals surface area contributed by atoms with E-state index in [2.05, 4.69) is 0 Å². The average molecular weight is 497 g/mol. The molecule has 0 saturated carbocycles. The Hall–Kier alpha value is -4.98. The van der Waals surface area contributed by atoms with Crippen LogP contribution in [0.5, 0.6) is 11.5 Å². The summed E-state index contributed by atoms with van der Waals surface area (Å²) < 4.78 is 9.96. The molecule has 0 atom stereocenters. The molecule has 4 aromatic rings. The zero-order valence-electron chi connectivity index (χ0n) is 20.1. The minimum Gasteiger partial charge on any atom is -0.506 e. The molecule has 186 valence electrons. The lowest BCUT2D eigenvalue weighted by molar-refractivity contribution is 0.0592. The first-order valence-electron chi connectivity index (χ1n) is 11.4. The molecule has 0 spiro atoms. The molecule has 0 aromatic heterocycles. The second-order valence-electron chi connectivity index (χ2n) is 8.80. The summed E-state index contributed by atoms with van der Waals surface area (Å²) in [5.41, 5.74) is 16.5. The number of anilines is 2. The smallest absolute Gasteiger partial charge is 0.337 e. The molecule has 0 fully saturated rings. The fourth-order valence-electron chi connectivity index (χ4n) is 5.18. The molecule has 1 aliphatic carbocycles. The molecule has 8 nitrogen and oxygen atoms in total. The van der Waals surface area contributed by atoms with Crippen molar-refractivity contribution < 1.29 is 29.3 Å². The van der Waals surface area contributed by atoms with Gasteiger partial charge in [0.2, 0.25) is 0 Å². The van der Waals surface area contributed by atoms with Crippen molar-refractivity contribution in [3.8, 4) is 22.6 Å². The molecule has 37 heavy (non-hydrogen) atoms. The van der Waals surface area contributed by atoms with E-state index in [-0.39, 0.29) is 22.9 Å². The van der Waals surface area contributed by atoms with Gasteiger partial charge in [0.15, 0.2) is 0 Å². The molecule has 1 aliphatic rings. The topological polar surface area (TPSA) is 145 Å². The van der Waals surface area contributed by atoms with Gasteiger partial charge in [-0.3, -0.25) is 0 Å². The molecule has 0 radical (unpaired) electrons. The minimum atomic E-state index is -1.14. The summed E-state index contributed by atoms with van der Waals surface area (Å²) in [7, 11) is 2.61. The van der Waals surface area contributed by atoms with Crippen LogP contribution in [0.4, 0.5) is 11.4 Å². The molecule has 0 saturated heterocycles. The predicted molar refractivity (Wildman–Crippen MR) is 139 cm³/mol. The van der Waals surface area contributed by atoms with Crippen LogP contribution in [0.25, 0.3) is 11.1 Å². The molecule has 0 aliphatic heterocycles. The van der Waals surface area contributed by atoms with Gasteiger partial charge in [-0.15, -0.1) is 0 Å².